The molecule has 0 radical (unpaired) electrons. The van der Waals surface area contributed by atoms with Crippen LogP contribution in [0.4, 0.5) is 0 Å². The maximum Gasteiger partial charge on any atom is 0.271 e. The molecule has 28 heavy (non-hydrogen) atoms. The van der Waals surface area contributed by atoms with Crippen LogP contribution in [0.15, 0.2) is 71.3 Å². The summed E-state index contributed by atoms with van der Waals surface area (Å²) in [5.41, 5.74) is 2.62. The summed E-state index contributed by atoms with van der Waals surface area (Å²) in [6.45, 7) is 2.00. The summed E-state index contributed by atoms with van der Waals surface area (Å²) in [5, 5.41) is 4.48. The predicted molar refractivity (Wildman–Crippen MR) is 118 cm³/mol. The van der Waals surface area contributed by atoms with E-state index in [9.17, 15) is 4.79 Å². The standard InChI is InChI=1S/C22H19BrCl2N2O/c1-14(27-22(28)21-20(23)3-2-12-26-21)19(16-6-10-18(25)11-7-16)13-15-4-8-17(24)9-5-15/h2-12,14,19H,13H2,1H3,(H,27,28)/t14-,19+/m1/s1. The molecule has 0 spiro atoms. The molecule has 1 N–H and O–H groups in total. The van der Waals surface area contributed by atoms with Gasteiger partial charge in [0.25, 0.3) is 5.91 Å². The van der Waals surface area contributed by atoms with Gasteiger partial charge < -0.3 is 5.32 Å². The quantitative estimate of drug-likeness (QED) is 0.452. The summed E-state index contributed by atoms with van der Waals surface area (Å²) in [5.74, 6) is -0.153. The monoisotopic (exact) mass is 476 g/mol. The van der Waals surface area contributed by atoms with Crippen molar-refractivity contribution in [2.45, 2.75) is 25.3 Å². The average Bonchev–Trinajstić information content (AvgIpc) is 2.68. The summed E-state index contributed by atoms with van der Waals surface area (Å²) in [4.78, 5) is 16.9. The lowest BCUT2D eigenvalue weighted by molar-refractivity contribution is 0.0928. The Morgan fingerprint density at radius 1 is 1.04 bits per heavy atom. The van der Waals surface area contributed by atoms with Crippen molar-refractivity contribution in [2.24, 2.45) is 0 Å². The highest BCUT2D eigenvalue weighted by Crippen LogP contribution is 2.27. The Morgan fingerprint density at radius 3 is 2.25 bits per heavy atom. The van der Waals surface area contributed by atoms with E-state index in [1.54, 1.807) is 18.3 Å². The molecule has 6 heteroatoms. The largest absolute Gasteiger partial charge is 0.348 e. The molecule has 3 rings (SSSR count). The second-order valence-corrected chi connectivity index (χ2v) is 8.31. The molecule has 144 valence electrons. The van der Waals surface area contributed by atoms with Crippen molar-refractivity contribution in [3.8, 4) is 0 Å². The fourth-order valence-electron chi connectivity index (χ4n) is 3.10. The number of nitrogens with one attached hydrogen (secondary N) is 1. The normalized spacial score (nSPS) is 13.0. The van der Waals surface area contributed by atoms with Crippen LogP contribution in [0.3, 0.4) is 0 Å². The highest BCUT2D eigenvalue weighted by atomic mass is 79.9. The third kappa shape index (κ3) is 5.34. The van der Waals surface area contributed by atoms with E-state index in [1.807, 2.05) is 55.5 Å². The molecule has 0 fully saturated rings. The Balaban J connectivity index is 1.84. The molecular formula is C22H19BrCl2N2O. The van der Waals surface area contributed by atoms with Gasteiger partial charge in [-0.05, 0) is 76.8 Å². The second-order valence-electron chi connectivity index (χ2n) is 6.58. The Bertz CT molecular complexity index is 946. The van der Waals surface area contributed by atoms with E-state index in [0.717, 1.165) is 17.5 Å². The topological polar surface area (TPSA) is 42.0 Å². The number of aromatic nitrogens is 1. The van der Waals surface area contributed by atoms with Crippen molar-refractivity contribution in [1.29, 1.82) is 0 Å². The Morgan fingerprint density at radius 2 is 1.64 bits per heavy atom. The van der Waals surface area contributed by atoms with Gasteiger partial charge in [-0.1, -0.05) is 47.5 Å². The van der Waals surface area contributed by atoms with Crippen LogP contribution in [0.5, 0.6) is 0 Å². The molecule has 1 amide bonds. The van der Waals surface area contributed by atoms with Crippen molar-refractivity contribution in [2.75, 3.05) is 0 Å². The number of carbonyl (C=O) groups is 1. The zero-order chi connectivity index (χ0) is 20.1. The van der Waals surface area contributed by atoms with Crippen LogP contribution >= 0.6 is 39.1 Å². The number of carbonyl (C=O) groups excluding carboxylic acids is 1. The molecule has 1 aromatic heterocycles. The minimum Gasteiger partial charge on any atom is -0.348 e. The third-order valence-electron chi connectivity index (χ3n) is 4.60. The zero-order valence-corrected chi connectivity index (χ0v) is 18.3. The van der Waals surface area contributed by atoms with Gasteiger partial charge in [0.1, 0.15) is 5.69 Å². The molecule has 0 saturated carbocycles. The number of pyridine rings is 1. The van der Waals surface area contributed by atoms with Gasteiger partial charge in [0.15, 0.2) is 0 Å². The van der Waals surface area contributed by atoms with Gasteiger partial charge in [0, 0.05) is 32.7 Å². The molecule has 0 aliphatic rings. The molecule has 3 nitrogen and oxygen atoms in total. The van der Waals surface area contributed by atoms with Crippen molar-refractivity contribution in [3.05, 3.63) is 98.2 Å². The first-order valence-corrected chi connectivity index (χ1v) is 10.4. The number of rotatable bonds is 6. The summed E-state index contributed by atoms with van der Waals surface area (Å²) in [7, 11) is 0. The van der Waals surface area contributed by atoms with Crippen LogP contribution in [0.1, 0.15) is 34.5 Å². The van der Waals surface area contributed by atoms with Gasteiger partial charge >= 0.3 is 0 Å². The van der Waals surface area contributed by atoms with Gasteiger partial charge in [-0.3, -0.25) is 4.79 Å². The van der Waals surface area contributed by atoms with Gasteiger partial charge in [0.2, 0.25) is 0 Å². The highest BCUT2D eigenvalue weighted by molar-refractivity contribution is 9.10. The van der Waals surface area contributed by atoms with Gasteiger partial charge in [-0.2, -0.15) is 0 Å². The van der Waals surface area contributed by atoms with Crippen molar-refractivity contribution in [3.63, 3.8) is 0 Å². The predicted octanol–water partition coefficient (Wildman–Crippen LogP) is 6.30. The summed E-state index contributed by atoms with van der Waals surface area (Å²) in [6, 6.07) is 19.0. The lowest BCUT2D eigenvalue weighted by atomic mass is 9.86. The third-order valence-corrected chi connectivity index (χ3v) is 5.75. The van der Waals surface area contributed by atoms with E-state index in [1.165, 1.54) is 0 Å². The first-order chi connectivity index (χ1) is 13.4. The lowest BCUT2D eigenvalue weighted by Crippen LogP contribution is -2.38. The zero-order valence-electron chi connectivity index (χ0n) is 15.2. The van der Waals surface area contributed by atoms with Crippen LogP contribution < -0.4 is 5.32 Å². The molecule has 0 saturated heterocycles. The van der Waals surface area contributed by atoms with Crippen LogP contribution in [0.25, 0.3) is 0 Å². The molecule has 0 aliphatic carbocycles. The first-order valence-electron chi connectivity index (χ1n) is 8.85. The second kappa shape index (κ2) is 9.55. The van der Waals surface area contributed by atoms with Gasteiger partial charge in [-0.15, -0.1) is 0 Å². The van der Waals surface area contributed by atoms with Gasteiger partial charge in [0.05, 0.1) is 0 Å². The Hall–Kier alpha value is -1.88. The van der Waals surface area contributed by atoms with E-state index in [4.69, 9.17) is 23.2 Å². The maximum absolute atomic E-state index is 12.7. The Kier molecular flexibility index (Phi) is 7.11. The number of amides is 1. The van der Waals surface area contributed by atoms with Crippen LogP contribution in [-0.4, -0.2) is 16.9 Å². The fourth-order valence-corrected chi connectivity index (χ4v) is 3.78. The average molecular weight is 478 g/mol. The van der Waals surface area contributed by atoms with E-state index in [2.05, 4.69) is 26.2 Å². The highest BCUT2D eigenvalue weighted by Gasteiger charge is 2.23. The summed E-state index contributed by atoms with van der Waals surface area (Å²) >= 11 is 15.5. The molecule has 1 heterocycles. The molecule has 0 aliphatic heterocycles. The minimum atomic E-state index is -0.213. The van der Waals surface area contributed by atoms with Crippen LogP contribution in [0.2, 0.25) is 10.0 Å². The number of hydrogen-bond donors (Lipinski definition) is 1. The van der Waals surface area contributed by atoms with Crippen LogP contribution in [-0.2, 0) is 6.42 Å². The molecule has 0 unspecified atom stereocenters. The molecule has 2 aromatic carbocycles. The van der Waals surface area contributed by atoms with Gasteiger partial charge in [-0.25, -0.2) is 4.98 Å². The Labute approximate surface area is 183 Å². The minimum absolute atomic E-state index is 0.0601. The van der Waals surface area contributed by atoms with Crippen molar-refractivity contribution < 1.29 is 4.79 Å². The number of nitrogens with zero attached hydrogens (tertiary/aromatic N) is 1. The lowest BCUT2D eigenvalue weighted by Gasteiger charge is -2.26. The SMILES string of the molecule is C[C@@H](NC(=O)c1ncccc1Br)[C@H](Cc1ccc(Cl)cc1)c1ccc(Cl)cc1. The van der Waals surface area contributed by atoms with E-state index in [-0.39, 0.29) is 17.9 Å². The summed E-state index contributed by atoms with van der Waals surface area (Å²) < 4.78 is 0.667. The smallest absolute Gasteiger partial charge is 0.271 e. The summed E-state index contributed by atoms with van der Waals surface area (Å²) in [6.07, 6.45) is 2.36. The molecule has 2 atom stereocenters. The first kappa shape index (κ1) is 20.8. The van der Waals surface area contributed by atoms with E-state index < -0.39 is 0 Å². The molecule has 3 aromatic rings. The number of halogens is 3. The molecular weight excluding hydrogens is 459 g/mol. The van der Waals surface area contributed by atoms with E-state index in [0.29, 0.717) is 20.2 Å². The van der Waals surface area contributed by atoms with E-state index >= 15 is 0 Å². The fraction of sp³-hybridized carbons (Fsp3) is 0.182. The van der Waals surface area contributed by atoms with Crippen molar-refractivity contribution in [1.82, 2.24) is 10.3 Å². The van der Waals surface area contributed by atoms with Crippen LogP contribution in [0, 0.1) is 0 Å². The molecule has 0 bridgehead atoms. The number of benzene rings is 2. The van der Waals surface area contributed by atoms with Crippen molar-refractivity contribution >= 4 is 45.0 Å². The number of hydrogen-bond acceptors (Lipinski definition) is 2. The maximum atomic E-state index is 12.7.